The maximum absolute atomic E-state index is 12.6. The minimum atomic E-state index is -0.840. The maximum atomic E-state index is 12.6. The van der Waals surface area contributed by atoms with E-state index in [4.69, 9.17) is 9.84 Å². The number of hydrogen-bond acceptors (Lipinski definition) is 3. The first kappa shape index (κ1) is 16.3. The maximum Gasteiger partial charge on any atom is 0.305 e. The predicted octanol–water partition coefficient (Wildman–Crippen LogP) is 2.34. The first-order valence-electron chi connectivity index (χ1n) is 7.66. The first-order valence-corrected chi connectivity index (χ1v) is 7.66. The minimum absolute atomic E-state index is 0.0427. The fourth-order valence-corrected chi connectivity index (χ4v) is 3.03. The van der Waals surface area contributed by atoms with Crippen molar-refractivity contribution in [2.24, 2.45) is 5.92 Å². The molecule has 2 unspecified atom stereocenters. The van der Waals surface area contributed by atoms with Gasteiger partial charge in [-0.1, -0.05) is 19.1 Å². The van der Waals surface area contributed by atoms with E-state index in [1.165, 1.54) is 0 Å². The van der Waals surface area contributed by atoms with Crippen LogP contribution in [0.2, 0.25) is 0 Å². The van der Waals surface area contributed by atoms with E-state index in [1.54, 1.807) is 12.0 Å². The molecule has 1 aromatic carbocycles. The third kappa shape index (κ3) is 4.00. The third-order valence-electron chi connectivity index (χ3n) is 4.19. The number of amides is 1. The van der Waals surface area contributed by atoms with E-state index >= 15 is 0 Å². The molecule has 5 heteroatoms. The van der Waals surface area contributed by atoms with Gasteiger partial charge in [-0.25, -0.2) is 0 Å². The summed E-state index contributed by atoms with van der Waals surface area (Å²) in [6.07, 6.45) is 2.37. The lowest BCUT2D eigenvalue weighted by Gasteiger charge is -2.26. The Morgan fingerprint density at radius 2 is 2.05 bits per heavy atom. The predicted molar refractivity (Wildman–Crippen MR) is 82.8 cm³/mol. The van der Waals surface area contributed by atoms with Crippen molar-refractivity contribution in [3.05, 3.63) is 29.8 Å². The molecule has 2 atom stereocenters. The van der Waals surface area contributed by atoms with Gasteiger partial charge in [-0.2, -0.15) is 0 Å². The minimum Gasteiger partial charge on any atom is -0.497 e. The van der Waals surface area contributed by atoms with Crippen LogP contribution in [0.15, 0.2) is 24.3 Å². The van der Waals surface area contributed by atoms with Gasteiger partial charge >= 0.3 is 5.97 Å². The lowest BCUT2D eigenvalue weighted by molar-refractivity contribution is -0.141. The number of likely N-dealkylation sites (tertiary alicyclic amines) is 1. The summed E-state index contributed by atoms with van der Waals surface area (Å²) in [7, 11) is 1.62. The zero-order valence-corrected chi connectivity index (χ0v) is 13.1. The standard InChI is InChI=1S/C17H23NO4/c1-12(10-13-5-7-15(22-2)8-6-13)17(21)18-9-3-4-14(18)11-16(19)20/h5-8,12,14H,3-4,9-11H2,1-2H3,(H,19,20). The highest BCUT2D eigenvalue weighted by atomic mass is 16.5. The summed E-state index contributed by atoms with van der Waals surface area (Å²) in [5.41, 5.74) is 1.08. The lowest BCUT2D eigenvalue weighted by Crippen LogP contribution is -2.40. The number of rotatable bonds is 6. The van der Waals surface area contributed by atoms with Crippen LogP contribution in [0.3, 0.4) is 0 Å². The number of carbonyl (C=O) groups excluding carboxylic acids is 1. The SMILES string of the molecule is COc1ccc(CC(C)C(=O)N2CCCC2CC(=O)O)cc1. The van der Waals surface area contributed by atoms with Gasteiger partial charge in [-0.05, 0) is 37.0 Å². The van der Waals surface area contributed by atoms with Crippen LogP contribution in [-0.4, -0.2) is 41.6 Å². The summed E-state index contributed by atoms with van der Waals surface area (Å²) >= 11 is 0. The van der Waals surface area contributed by atoms with E-state index < -0.39 is 5.97 Å². The highest BCUT2D eigenvalue weighted by molar-refractivity contribution is 5.80. The number of carboxylic acids is 1. The normalized spacial score (nSPS) is 19.0. The van der Waals surface area contributed by atoms with E-state index in [1.807, 2.05) is 31.2 Å². The number of benzene rings is 1. The van der Waals surface area contributed by atoms with Gasteiger partial charge in [0.15, 0.2) is 0 Å². The molecule has 2 rings (SSSR count). The Morgan fingerprint density at radius 3 is 2.64 bits per heavy atom. The fraction of sp³-hybridized carbons (Fsp3) is 0.529. The summed E-state index contributed by atoms with van der Waals surface area (Å²) in [6.45, 7) is 2.58. The number of nitrogens with zero attached hydrogens (tertiary/aromatic N) is 1. The van der Waals surface area contributed by atoms with Crippen LogP contribution >= 0.6 is 0 Å². The topological polar surface area (TPSA) is 66.8 Å². The van der Waals surface area contributed by atoms with Crippen molar-refractivity contribution in [3.63, 3.8) is 0 Å². The molecule has 1 heterocycles. The molecular formula is C17H23NO4. The fourth-order valence-electron chi connectivity index (χ4n) is 3.03. The summed E-state index contributed by atoms with van der Waals surface area (Å²) in [5, 5.41) is 8.95. The largest absolute Gasteiger partial charge is 0.497 e. The van der Waals surface area contributed by atoms with Gasteiger partial charge < -0.3 is 14.7 Å². The van der Waals surface area contributed by atoms with Gasteiger partial charge in [-0.15, -0.1) is 0 Å². The first-order chi connectivity index (χ1) is 10.5. The number of aliphatic carboxylic acids is 1. The Morgan fingerprint density at radius 1 is 1.36 bits per heavy atom. The third-order valence-corrected chi connectivity index (χ3v) is 4.19. The number of methoxy groups -OCH3 is 1. The van der Waals surface area contributed by atoms with Gasteiger partial charge in [0.25, 0.3) is 0 Å². The molecule has 0 radical (unpaired) electrons. The highest BCUT2D eigenvalue weighted by Crippen LogP contribution is 2.24. The molecule has 5 nitrogen and oxygen atoms in total. The van der Waals surface area contributed by atoms with Crippen LogP contribution in [0.25, 0.3) is 0 Å². The van der Waals surface area contributed by atoms with Crippen LogP contribution in [0.4, 0.5) is 0 Å². The average molecular weight is 305 g/mol. The van der Waals surface area contributed by atoms with Crippen molar-refractivity contribution in [2.75, 3.05) is 13.7 Å². The molecule has 1 N–H and O–H groups in total. The number of carboxylic acid groups (broad SMARTS) is 1. The Bertz CT molecular complexity index is 526. The second-order valence-electron chi connectivity index (χ2n) is 5.88. The highest BCUT2D eigenvalue weighted by Gasteiger charge is 2.32. The smallest absolute Gasteiger partial charge is 0.305 e. The molecule has 0 spiro atoms. The number of carbonyl (C=O) groups is 2. The van der Waals surface area contributed by atoms with Crippen LogP contribution in [-0.2, 0) is 16.0 Å². The van der Waals surface area contributed by atoms with Gasteiger partial charge in [-0.3, -0.25) is 9.59 Å². The molecule has 0 aromatic heterocycles. The van der Waals surface area contributed by atoms with Crippen molar-refractivity contribution in [1.82, 2.24) is 4.90 Å². The average Bonchev–Trinajstić information content (AvgIpc) is 2.94. The molecule has 1 aliphatic rings. The van der Waals surface area contributed by atoms with E-state index in [9.17, 15) is 9.59 Å². The van der Waals surface area contributed by atoms with Gasteiger partial charge in [0.1, 0.15) is 5.75 Å². The number of ether oxygens (including phenoxy) is 1. The molecule has 0 aliphatic carbocycles. The van der Waals surface area contributed by atoms with E-state index in [2.05, 4.69) is 0 Å². The molecule has 1 amide bonds. The van der Waals surface area contributed by atoms with Crippen molar-refractivity contribution in [2.45, 2.75) is 38.6 Å². The molecule has 1 fully saturated rings. The Hall–Kier alpha value is -2.04. The van der Waals surface area contributed by atoms with Crippen LogP contribution in [0.1, 0.15) is 31.7 Å². The van der Waals surface area contributed by atoms with Crippen LogP contribution < -0.4 is 4.74 Å². The van der Waals surface area contributed by atoms with Crippen LogP contribution in [0, 0.1) is 5.92 Å². The summed E-state index contributed by atoms with van der Waals surface area (Å²) < 4.78 is 5.12. The molecule has 22 heavy (non-hydrogen) atoms. The Balaban J connectivity index is 1.97. The van der Waals surface area contributed by atoms with Gasteiger partial charge in [0.2, 0.25) is 5.91 Å². The zero-order valence-electron chi connectivity index (χ0n) is 13.1. The van der Waals surface area contributed by atoms with Crippen molar-refractivity contribution in [3.8, 4) is 5.75 Å². The molecule has 0 bridgehead atoms. The second-order valence-corrected chi connectivity index (χ2v) is 5.88. The van der Waals surface area contributed by atoms with Crippen molar-refractivity contribution in [1.29, 1.82) is 0 Å². The summed E-state index contributed by atoms with van der Waals surface area (Å²) in [6, 6.07) is 7.54. The molecule has 0 saturated carbocycles. The molecule has 1 aromatic rings. The molecule has 120 valence electrons. The molecule has 1 aliphatic heterocycles. The quantitative estimate of drug-likeness (QED) is 0.876. The number of hydrogen-bond donors (Lipinski definition) is 1. The Kier molecular flexibility index (Phi) is 5.41. The van der Waals surface area contributed by atoms with Crippen molar-refractivity contribution < 1.29 is 19.4 Å². The van der Waals surface area contributed by atoms with E-state index in [0.29, 0.717) is 13.0 Å². The van der Waals surface area contributed by atoms with E-state index in [-0.39, 0.29) is 24.3 Å². The summed E-state index contributed by atoms with van der Waals surface area (Å²) in [4.78, 5) is 25.2. The molecule has 1 saturated heterocycles. The summed E-state index contributed by atoms with van der Waals surface area (Å²) in [5.74, 6) is -0.140. The Labute approximate surface area is 130 Å². The second kappa shape index (κ2) is 7.29. The zero-order chi connectivity index (χ0) is 16.1. The molecular weight excluding hydrogens is 282 g/mol. The van der Waals surface area contributed by atoms with Gasteiger partial charge in [0.05, 0.1) is 13.5 Å². The van der Waals surface area contributed by atoms with E-state index in [0.717, 1.165) is 24.2 Å². The monoisotopic (exact) mass is 305 g/mol. The van der Waals surface area contributed by atoms with Crippen molar-refractivity contribution >= 4 is 11.9 Å². The van der Waals surface area contributed by atoms with Crippen LogP contribution in [0.5, 0.6) is 5.75 Å². The van der Waals surface area contributed by atoms with Gasteiger partial charge in [0, 0.05) is 18.5 Å². The lowest BCUT2D eigenvalue weighted by atomic mass is 9.99.